The van der Waals surface area contributed by atoms with Gasteiger partial charge < -0.3 is 10.6 Å². The van der Waals surface area contributed by atoms with Gasteiger partial charge in [-0.25, -0.2) is 18.4 Å². The predicted octanol–water partition coefficient (Wildman–Crippen LogP) is 0.494. The highest BCUT2D eigenvalue weighted by atomic mass is 32.2. The summed E-state index contributed by atoms with van der Waals surface area (Å²) in [6.07, 6.45) is 5.05. The molecule has 0 radical (unpaired) electrons. The number of nitrogen functional groups attached to an aromatic ring is 1. The standard InChI is InChI=1S/C12H18N6O2S/c1-4-8-17(2)11-9(21(3,19)20)10(13)18(16-11)12-14-6-5-7-15-12/h5-7H,4,8,13H2,1-3H3. The summed E-state index contributed by atoms with van der Waals surface area (Å²) in [6.45, 7) is 2.66. The zero-order chi connectivity index (χ0) is 15.6. The summed E-state index contributed by atoms with van der Waals surface area (Å²) in [5, 5.41) is 4.28. The van der Waals surface area contributed by atoms with E-state index in [2.05, 4.69) is 15.1 Å². The van der Waals surface area contributed by atoms with Crippen LogP contribution < -0.4 is 10.6 Å². The zero-order valence-electron chi connectivity index (χ0n) is 12.2. The molecule has 0 saturated carbocycles. The van der Waals surface area contributed by atoms with Gasteiger partial charge in [0.25, 0.3) is 5.95 Å². The number of hydrogen-bond acceptors (Lipinski definition) is 7. The molecule has 0 saturated heterocycles. The van der Waals surface area contributed by atoms with E-state index in [0.29, 0.717) is 12.4 Å². The van der Waals surface area contributed by atoms with E-state index in [-0.39, 0.29) is 16.7 Å². The number of anilines is 2. The fourth-order valence-corrected chi connectivity index (χ4v) is 3.00. The molecule has 2 aromatic heterocycles. The SMILES string of the molecule is CCCN(C)c1nn(-c2ncccn2)c(N)c1S(C)(=O)=O. The molecule has 9 heteroatoms. The van der Waals surface area contributed by atoms with Crippen LogP contribution in [0.2, 0.25) is 0 Å². The molecule has 0 aromatic carbocycles. The Labute approximate surface area is 123 Å². The third-order valence-electron chi connectivity index (χ3n) is 2.89. The van der Waals surface area contributed by atoms with Crippen LogP contribution in [0.3, 0.4) is 0 Å². The Bertz CT molecular complexity index is 726. The summed E-state index contributed by atoms with van der Waals surface area (Å²) in [4.78, 5) is 9.86. The molecule has 0 aliphatic rings. The summed E-state index contributed by atoms with van der Waals surface area (Å²) >= 11 is 0. The van der Waals surface area contributed by atoms with Crippen molar-refractivity contribution in [3.05, 3.63) is 18.5 Å². The van der Waals surface area contributed by atoms with Crippen molar-refractivity contribution in [1.82, 2.24) is 19.7 Å². The van der Waals surface area contributed by atoms with Crippen molar-refractivity contribution < 1.29 is 8.42 Å². The Morgan fingerprint density at radius 3 is 2.48 bits per heavy atom. The maximum atomic E-state index is 12.0. The van der Waals surface area contributed by atoms with Crippen LogP contribution in [-0.4, -0.2) is 48.0 Å². The molecule has 2 heterocycles. The van der Waals surface area contributed by atoms with Crippen LogP contribution in [0.25, 0.3) is 5.95 Å². The monoisotopic (exact) mass is 310 g/mol. The molecule has 2 aromatic rings. The topological polar surface area (TPSA) is 107 Å². The van der Waals surface area contributed by atoms with Gasteiger partial charge >= 0.3 is 0 Å². The number of hydrogen-bond donors (Lipinski definition) is 1. The average Bonchev–Trinajstić information content (AvgIpc) is 2.77. The molecule has 0 unspecified atom stereocenters. The highest BCUT2D eigenvalue weighted by Gasteiger charge is 2.27. The quantitative estimate of drug-likeness (QED) is 0.856. The minimum absolute atomic E-state index is 0.00547. The van der Waals surface area contributed by atoms with Crippen LogP contribution in [0.4, 0.5) is 11.6 Å². The maximum Gasteiger partial charge on any atom is 0.252 e. The minimum Gasteiger partial charge on any atom is -0.382 e. The van der Waals surface area contributed by atoms with Crippen molar-refractivity contribution in [2.45, 2.75) is 18.2 Å². The van der Waals surface area contributed by atoms with Crippen LogP contribution in [0.5, 0.6) is 0 Å². The van der Waals surface area contributed by atoms with Gasteiger partial charge in [0.2, 0.25) is 0 Å². The predicted molar refractivity (Wildman–Crippen MR) is 80.2 cm³/mol. The van der Waals surface area contributed by atoms with E-state index in [9.17, 15) is 8.42 Å². The second kappa shape index (κ2) is 5.68. The number of aromatic nitrogens is 4. The molecule has 0 atom stereocenters. The summed E-state index contributed by atoms with van der Waals surface area (Å²) in [7, 11) is -1.75. The normalized spacial score (nSPS) is 11.6. The second-order valence-corrected chi connectivity index (χ2v) is 6.64. The number of sulfone groups is 1. The molecule has 0 fully saturated rings. The Morgan fingerprint density at radius 1 is 1.33 bits per heavy atom. The number of rotatable bonds is 5. The van der Waals surface area contributed by atoms with E-state index in [1.165, 1.54) is 4.68 Å². The van der Waals surface area contributed by atoms with Crippen molar-refractivity contribution in [1.29, 1.82) is 0 Å². The van der Waals surface area contributed by atoms with Crippen molar-refractivity contribution in [3.63, 3.8) is 0 Å². The lowest BCUT2D eigenvalue weighted by Crippen LogP contribution is -2.20. The van der Waals surface area contributed by atoms with Gasteiger partial charge in [-0.05, 0) is 12.5 Å². The van der Waals surface area contributed by atoms with Gasteiger partial charge in [-0.3, -0.25) is 0 Å². The molecule has 8 nitrogen and oxygen atoms in total. The van der Waals surface area contributed by atoms with Gasteiger partial charge in [0.05, 0.1) is 0 Å². The van der Waals surface area contributed by atoms with Crippen molar-refractivity contribution in [2.24, 2.45) is 0 Å². The van der Waals surface area contributed by atoms with E-state index in [4.69, 9.17) is 5.73 Å². The molecule has 0 spiro atoms. The first kappa shape index (κ1) is 15.2. The Hall–Kier alpha value is -2.16. The fraction of sp³-hybridized carbons (Fsp3) is 0.417. The van der Waals surface area contributed by atoms with Crippen LogP contribution in [-0.2, 0) is 9.84 Å². The molecule has 0 amide bonds. The summed E-state index contributed by atoms with van der Waals surface area (Å²) < 4.78 is 25.3. The van der Waals surface area contributed by atoms with Crippen molar-refractivity contribution >= 4 is 21.5 Å². The fourth-order valence-electron chi connectivity index (χ4n) is 2.00. The zero-order valence-corrected chi connectivity index (χ0v) is 13.0. The Kier molecular flexibility index (Phi) is 4.12. The summed E-state index contributed by atoms with van der Waals surface area (Å²) in [5.74, 6) is 0.557. The van der Waals surface area contributed by atoms with E-state index < -0.39 is 9.84 Å². The maximum absolute atomic E-state index is 12.0. The van der Waals surface area contributed by atoms with Gasteiger partial charge in [0, 0.05) is 32.2 Å². The molecule has 2 rings (SSSR count). The highest BCUT2D eigenvalue weighted by Crippen LogP contribution is 2.30. The molecular formula is C12H18N6O2S. The molecule has 2 N–H and O–H groups in total. The van der Waals surface area contributed by atoms with E-state index in [0.717, 1.165) is 12.7 Å². The lowest BCUT2D eigenvalue weighted by molar-refractivity contribution is 0.602. The minimum atomic E-state index is -3.52. The number of nitrogens with zero attached hydrogens (tertiary/aromatic N) is 5. The highest BCUT2D eigenvalue weighted by molar-refractivity contribution is 7.91. The third kappa shape index (κ3) is 2.97. The van der Waals surface area contributed by atoms with E-state index in [1.807, 2.05) is 6.92 Å². The summed E-state index contributed by atoms with van der Waals surface area (Å²) in [6, 6.07) is 1.66. The molecule has 0 aliphatic carbocycles. The van der Waals surface area contributed by atoms with Crippen LogP contribution in [0.15, 0.2) is 23.4 Å². The van der Waals surface area contributed by atoms with Crippen molar-refractivity contribution in [3.8, 4) is 5.95 Å². The number of nitrogens with two attached hydrogens (primary N) is 1. The molecular weight excluding hydrogens is 292 g/mol. The summed E-state index contributed by atoms with van der Waals surface area (Å²) in [5.41, 5.74) is 5.97. The van der Waals surface area contributed by atoms with Gasteiger partial charge in [-0.15, -0.1) is 5.10 Å². The lowest BCUT2D eigenvalue weighted by Gasteiger charge is -2.16. The van der Waals surface area contributed by atoms with E-state index in [1.54, 1.807) is 30.4 Å². The molecule has 0 aliphatic heterocycles. The second-order valence-electron chi connectivity index (χ2n) is 4.69. The smallest absolute Gasteiger partial charge is 0.252 e. The average molecular weight is 310 g/mol. The Morgan fingerprint density at radius 2 is 1.95 bits per heavy atom. The van der Waals surface area contributed by atoms with Crippen LogP contribution >= 0.6 is 0 Å². The molecule has 114 valence electrons. The first-order valence-electron chi connectivity index (χ1n) is 6.43. The van der Waals surface area contributed by atoms with Crippen LogP contribution in [0.1, 0.15) is 13.3 Å². The van der Waals surface area contributed by atoms with Crippen molar-refractivity contribution in [2.75, 3.05) is 30.5 Å². The van der Waals surface area contributed by atoms with Gasteiger partial charge in [0.1, 0.15) is 0 Å². The largest absolute Gasteiger partial charge is 0.382 e. The Balaban J connectivity index is 2.66. The molecule has 21 heavy (non-hydrogen) atoms. The molecule has 0 bridgehead atoms. The van der Waals surface area contributed by atoms with E-state index >= 15 is 0 Å². The van der Waals surface area contributed by atoms with Gasteiger partial charge in [0.15, 0.2) is 26.4 Å². The lowest BCUT2D eigenvalue weighted by atomic mass is 10.4. The van der Waals surface area contributed by atoms with Gasteiger partial charge in [-0.2, -0.15) is 4.68 Å². The first-order chi connectivity index (χ1) is 9.86. The van der Waals surface area contributed by atoms with Crippen LogP contribution in [0, 0.1) is 0 Å². The third-order valence-corrected chi connectivity index (χ3v) is 4.02. The van der Waals surface area contributed by atoms with Gasteiger partial charge in [-0.1, -0.05) is 6.92 Å². The first-order valence-corrected chi connectivity index (χ1v) is 8.32.